The van der Waals surface area contributed by atoms with Gasteiger partial charge < -0.3 is 10.4 Å². The number of benzene rings is 2. The van der Waals surface area contributed by atoms with Crippen LogP contribution >= 0.6 is 27.7 Å². The Morgan fingerprint density at radius 3 is 2.36 bits per heavy atom. The number of amides is 1. The second kappa shape index (κ2) is 7.31. The molecule has 1 atom stereocenters. The van der Waals surface area contributed by atoms with Crippen LogP contribution in [0.5, 0.6) is 0 Å². The highest BCUT2D eigenvalue weighted by molar-refractivity contribution is 9.10. The van der Waals surface area contributed by atoms with Crippen molar-refractivity contribution in [3.8, 4) is 0 Å². The van der Waals surface area contributed by atoms with Gasteiger partial charge in [0.2, 0.25) is 0 Å². The van der Waals surface area contributed by atoms with Crippen LogP contribution in [0, 0.1) is 6.92 Å². The first-order chi connectivity index (χ1) is 10.4. The van der Waals surface area contributed by atoms with E-state index in [1.54, 1.807) is 12.1 Å². The molecule has 0 heterocycles. The highest BCUT2D eigenvalue weighted by atomic mass is 79.9. The molecule has 0 aliphatic rings. The van der Waals surface area contributed by atoms with E-state index in [0.717, 1.165) is 9.37 Å². The molecule has 2 rings (SSSR count). The first-order valence-corrected chi connectivity index (χ1v) is 8.63. The highest BCUT2D eigenvalue weighted by Crippen LogP contribution is 2.24. The minimum atomic E-state index is -1.44. The first kappa shape index (κ1) is 17.1. The van der Waals surface area contributed by atoms with E-state index < -0.39 is 11.5 Å². The molecule has 0 spiro atoms. The summed E-state index contributed by atoms with van der Waals surface area (Å²) in [7, 11) is 0. The number of hydrogen-bond acceptors (Lipinski definition) is 3. The van der Waals surface area contributed by atoms with Crippen LogP contribution in [0.2, 0.25) is 0 Å². The lowest BCUT2D eigenvalue weighted by atomic mass is 10.1. The number of aliphatic hydroxyl groups is 1. The standard InChI is InChI=1S/C17H18BrNO2S/c1-12-3-9-15(10-4-12)22-11-17(2,21)16(20)19-14-7-5-13(18)6-8-14/h3-10,21H,11H2,1-2H3,(H,19,20)/t17-/m1/s1. The van der Waals surface area contributed by atoms with E-state index in [0.29, 0.717) is 11.4 Å². The third-order valence-electron chi connectivity index (χ3n) is 3.13. The van der Waals surface area contributed by atoms with Crippen molar-refractivity contribution in [1.82, 2.24) is 0 Å². The van der Waals surface area contributed by atoms with Gasteiger partial charge in [-0.2, -0.15) is 0 Å². The number of aryl methyl sites for hydroxylation is 1. The van der Waals surface area contributed by atoms with Gasteiger partial charge in [0.1, 0.15) is 5.60 Å². The number of carbonyl (C=O) groups is 1. The largest absolute Gasteiger partial charge is 0.379 e. The zero-order chi connectivity index (χ0) is 16.2. The first-order valence-electron chi connectivity index (χ1n) is 6.86. The van der Waals surface area contributed by atoms with Gasteiger partial charge in [0.25, 0.3) is 5.91 Å². The zero-order valence-electron chi connectivity index (χ0n) is 12.5. The summed E-state index contributed by atoms with van der Waals surface area (Å²) in [5.74, 6) is -0.118. The van der Waals surface area contributed by atoms with E-state index in [2.05, 4.69) is 21.2 Å². The van der Waals surface area contributed by atoms with E-state index in [9.17, 15) is 9.90 Å². The Balaban J connectivity index is 1.95. The molecular formula is C17H18BrNO2S. The van der Waals surface area contributed by atoms with Gasteiger partial charge >= 0.3 is 0 Å². The highest BCUT2D eigenvalue weighted by Gasteiger charge is 2.30. The SMILES string of the molecule is Cc1ccc(SC[C@@](C)(O)C(=O)Nc2ccc(Br)cc2)cc1. The van der Waals surface area contributed by atoms with Crippen molar-refractivity contribution >= 4 is 39.3 Å². The van der Waals surface area contributed by atoms with Crippen LogP contribution in [-0.4, -0.2) is 22.4 Å². The van der Waals surface area contributed by atoms with Crippen molar-refractivity contribution in [2.75, 3.05) is 11.1 Å². The quantitative estimate of drug-likeness (QED) is 0.763. The topological polar surface area (TPSA) is 49.3 Å². The third kappa shape index (κ3) is 4.87. The van der Waals surface area contributed by atoms with E-state index in [1.165, 1.54) is 24.2 Å². The van der Waals surface area contributed by atoms with Gasteiger partial charge in [-0.25, -0.2) is 0 Å². The Bertz CT molecular complexity index is 639. The Kier molecular flexibility index (Phi) is 5.67. The van der Waals surface area contributed by atoms with Crippen LogP contribution < -0.4 is 5.32 Å². The van der Waals surface area contributed by atoms with Crippen LogP contribution in [0.4, 0.5) is 5.69 Å². The van der Waals surface area contributed by atoms with Crippen molar-refractivity contribution in [2.24, 2.45) is 0 Å². The van der Waals surface area contributed by atoms with Crippen LogP contribution in [-0.2, 0) is 4.79 Å². The van der Waals surface area contributed by atoms with Crippen LogP contribution in [0.3, 0.4) is 0 Å². The second-order valence-corrected chi connectivity index (χ2v) is 7.30. The number of halogens is 1. The molecule has 2 aromatic rings. The molecule has 0 bridgehead atoms. The minimum Gasteiger partial charge on any atom is -0.379 e. The third-order valence-corrected chi connectivity index (χ3v) is 4.97. The normalized spacial score (nSPS) is 13.5. The summed E-state index contributed by atoms with van der Waals surface area (Å²) in [4.78, 5) is 13.2. The monoisotopic (exact) mass is 379 g/mol. The predicted molar refractivity (Wildman–Crippen MR) is 95.3 cm³/mol. The fourth-order valence-corrected chi connectivity index (χ4v) is 2.89. The van der Waals surface area contributed by atoms with Crippen molar-refractivity contribution < 1.29 is 9.90 Å². The van der Waals surface area contributed by atoms with Crippen molar-refractivity contribution in [2.45, 2.75) is 24.3 Å². The minimum absolute atomic E-state index is 0.290. The van der Waals surface area contributed by atoms with Crippen LogP contribution in [0.25, 0.3) is 0 Å². The summed E-state index contributed by atoms with van der Waals surface area (Å²) in [6.07, 6.45) is 0. The second-order valence-electron chi connectivity index (χ2n) is 5.34. The molecule has 0 aliphatic heterocycles. The Morgan fingerprint density at radius 1 is 1.18 bits per heavy atom. The number of anilines is 1. The van der Waals surface area contributed by atoms with E-state index >= 15 is 0 Å². The summed E-state index contributed by atoms with van der Waals surface area (Å²) in [5, 5.41) is 13.1. The average Bonchev–Trinajstić information content (AvgIpc) is 2.49. The lowest BCUT2D eigenvalue weighted by Crippen LogP contribution is -2.42. The molecule has 0 fully saturated rings. The summed E-state index contributed by atoms with van der Waals surface area (Å²) in [5.41, 5.74) is 0.403. The summed E-state index contributed by atoms with van der Waals surface area (Å²) >= 11 is 4.80. The number of rotatable bonds is 5. The van der Waals surface area contributed by atoms with E-state index in [4.69, 9.17) is 0 Å². The van der Waals surface area contributed by atoms with Gasteiger partial charge in [-0.05, 0) is 50.2 Å². The smallest absolute Gasteiger partial charge is 0.256 e. The fourth-order valence-electron chi connectivity index (χ4n) is 1.72. The van der Waals surface area contributed by atoms with Gasteiger partial charge in [-0.3, -0.25) is 4.79 Å². The van der Waals surface area contributed by atoms with E-state index in [1.807, 2.05) is 43.3 Å². The molecule has 1 amide bonds. The number of hydrogen-bond donors (Lipinski definition) is 2. The van der Waals surface area contributed by atoms with Gasteiger partial charge in [-0.15, -0.1) is 11.8 Å². The Hall–Kier alpha value is -1.30. The van der Waals surface area contributed by atoms with Gasteiger partial charge in [0, 0.05) is 20.8 Å². The lowest BCUT2D eigenvalue weighted by molar-refractivity contribution is -0.130. The molecule has 0 radical (unpaired) electrons. The lowest BCUT2D eigenvalue weighted by Gasteiger charge is -2.22. The average molecular weight is 380 g/mol. The summed E-state index contributed by atoms with van der Waals surface area (Å²) in [6.45, 7) is 3.55. The van der Waals surface area contributed by atoms with Gasteiger partial charge in [-0.1, -0.05) is 33.6 Å². The number of nitrogens with one attached hydrogen (secondary N) is 1. The predicted octanol–water partition coefficient (Wildman–Crippen LogP) is 4.24. The molecule has 0 aliphatic carbocycles. The van der Waals surface area contributed by atoms with Crippen molar-refractivity contribution in [3.63, 3.8) is 0 Å². The van der Waals surface area contributed by atoms with E-state index in [-0.39, 0.29) is 0 Å². The van der Waals surface area contributed by atoms with Gasteiger partial charge in [0.05, 0.1) is 0 Å². The van der Waals surface area contributed by atoms with Crippen molar-refractivity contribution in [1.29, 1.82) is 0 Å². The zero-order valence-corrected chi connectivity index (χ0v) is 14.9. The van der Waals surface area contributed by atoms with Gasteiger partial charge in [0.15, 0.2) is 0 Å². The molecule has 0 unspecified atom stereocenters. The summed E-state index contributed by atoms with van der Waals surface area (Å²) < 4.78 is 0.937. The Morgan fingerprint density at radius 2 is 1.77 bits per heavy atom. The maximum Gasteiger partial charge on any atom is 0.256 e. The molecule has 0 saturated carbocycles. The molecule has 0 aromatic heterocycles. The summed E-state index contributed by atoms with van der Waals surface area (Å²) in [6, 6.07) is 15.2. The molecule has 3 nitrogen and oxygen atoms in total. The fraction of sp³-hybridized carbons (Fsp3) is 0.235. The molecule has 2 N–H and O–H groups in total. The molecule has 0 saturated heterocycles. The molecular weight excluding hydrogens is 362 g/mol. The molecule has 22 heavy (non-hydrogen) atoms. The maximum absolute atomic E-state index is 12.2. The number of carbonyl (C=O) groups excluding carboxylic acids is 1. The van der Waals surface area contributed by atoms with Crippen molar-refractivity contribution in [3.05, 3.63) is 58.6 Å². The molecule has 2 aromatic carbocycles. The molecule has 5 heteroatoms. The molecule has 116 valence electrons. The van der Waals surface area contributed by atoms with Crippen LogP contribution in [0.15, 0.2) is 57.9 Å². The van der Waals surface area contributed by atoms with Crippen LogP contribution in [0.1, 0.15) is 12.5 Å². The number of thioether (sulfide) groups is 1. The maximum atomic E-state index is 12.2. The Labute approximate surface area is 143 Å².